The summed E-state index contributed by atoms with van der Waals surface area (Å²) in [6.45, 7) is 6.85. The van der Waals surface area contributed by atoms with Crippen molar-refractivity contribution in [3.05, 3.63) is 0 Å². The summed E-state index contributed by atoms with van der Waals surface area (Å²) in [6, 6.07) is 0. The summed E-state index contributed by atoms with van der Waals surface area (Å²) in [5.74, 6) is -0.176. The van der Waals surface area contributed by atoms with Gasteiger partial charge < -0.3 is 19.8 Å². The first-order valence-electron chi connectivity index (χ1n) is 8.05. The van der Waals surface area contributed by atoms with Gasteiger partial charge in [-0.25, -0.2) is 0 Å². The van der Waals surface area contributed by atoms with Crippen molar-refractivity contribution in [3.8, 4) is 0 Å². The third-order valence-electron chi connectivity index (χ3n) is 3.84. The first-order valence-corrected chi connectivity index (χ1v) is 8.05. The maximum Gasteiger partial charge on any atom is 0.307 e. The third kappa shape index (κ3) is 7.76. The molecule has 124 valence electrons. The van der Waals surface area contributed by atoms with E-state index in [9.17, 15) is 4.79 Å². The van der Waals surface area contributed by atoms with E-state index in [4.69, 9.17) is 14.9 Å². The number of likely N-dealkylation sites (tertiary alicyclic amines) is 1. The van der Waals surface area contributed by atoms with E-state index in [0.717, 1.165) is 38.9 Å². The van der Waals surface area contributed by atoms with Gasteiger partial charge in [0.2, 0.25) is 0 Å². The molecule has 6 nitrogen and oxygen atoms in total. The molecule has 1 rings (SSSR count). The van der Waals surface area contributed by atoms with E-state index >= 15 is 0 Å². The maximum atomic E-state index is 11.8. The van der Waals surface area contributed by atoms with Crippen LogP contribution in [-0.4, -0.2) is 84.6 Å². The highest BCUT2D eigenvalue weighted by atomic mass is 16.5. The summed E-state index contributed by atoms with van der Waals surface area (Å²) < 4.78 is 5.51. The van der Waals surface area contributed by atoms with Gasteiger partial charge in [0.05, 0.1) is 19.6 Å². The number of hydrogen-bond donors (Lipinski definition) is 2. The second kappa shape index (κ2) is 11.0. The lowest BCUT2D eigenvalue weighted by Crippen LogP contribution is -2.38. The minimum atomic E-state index is -0.176. The minimum absolute atomic E-state index is 0.0327. The van der Waals surface area contributed by atoms with Crippen LogP contribution in [0, 0.1) is 0 Å². The van der Waals surface area contributed by atoms with Gasteiger partial charge in [0.1, 0.15) is 6.10 Å². The monoisotopic (exact) mass is 302 g/mol. The van der Waals surface area contributed by atoms with E-state index < -0.39 is 0 Å². The van der Waals surface area contributed by atoms with Crippen LogP contribution in [0.15, 0.2) is 0 Å². The molecule has 0 amide bonds. The maximum absolute atomic E-state index is 11.8. The lowest BCUT2D eigenvalue weighted by Gasteiger charge is -2.31. The quantitative estimate of drug-likeness (QED) is 0.557. The Morgan fingerprint density at radius 2 is 1.81 bits per heavy atom. The fraction of sp³-hybridized carbons (Fsp3) is 0.933. The largest absolute Gasteiger partial charge is 0.462 e. The van der Waals surface area contributed by atoms with Gasteiger partial charge in [0, 0.05) is 32.7 Å². The molecule has 1 saturated heterocycles. The minimum Gasteiger partial charge on any atom is -0.462 e. The zero-order valence-electron chi connectivity index (χ0n) is 13.2. The predicted molar refractivity (Wildman–Crippen MR) is 81.1 cm³/mol. The highest BCUT2D eigenvalue weighted by molar-refractivity contribution is 5.69. The van der Waals surface area contributed by atoms with Gasteiger partial charge in [-0.1, -0.05) is 6.92 Å². The Kier molecular flexibility index (Phi) is 9.58. The Morgan fingerprint density at radius 3 is 2.33 bits per heavy atom. The number of hydrogen-bond acceptors (Lipinski definition) is 6. The van der Waals surface area contributed by atoms with Crippen molar-refractivity contribution in [2.45, 2.75) is 38.7 Å². The molecule has 1 heterocycles. The van der Waals surface area contributed by atoms with Crippen molar-refractivity contribution in [3.63, 3.8) is 0 Å². The first kappa shape index (κ1) is 18.4. The van der Waals surface area contributed by atoms with E-state index in [1.165, 1.54) is 0 Å². The van der Waals surface area contributed by atoms with Crippen LogP contribution in [0.2, 0.25) is 0 Å². The standard InChI is InChI=1S/C15H30N2O4/c1-2-6-16-7-3-14(4-8-16)21-15(20)5-9-17(10-12-18)11-13-19/h14,18-19H,2-13H2,1H3. The predicted octanol–water partition coefficient (Wildman–Crippen LogP) is 0.0807. The second-order valence-corrected chi connectivity index (χ2v) is 5.57. The van der Waals surface area contributed by atoms with Gasteiger partial charge in [-0.3, -0.25) is 9.69 Å². The highest BCUT2D eigenvalue weighted by Crippen LogP contribution is 2.14. The molecule has 0 bridgehead atoms. The molecule has 0 aromatic carbocycles. The molecule has 0 aromatic rings. The number of esters is 1. The molecule has 6 heteroatoms. The van der Waals surface area contributed by atoms with Gasteiger partial charge in [0.25, 0.3) is 0 Å². The number of nitrogens with zero attached hydrogens (tertiary/aromatic N) is 2. The van der Waals surface area contributed by atoms with Crippen molar-refractivity contribution < 1.29 is 19.7 Å². The summed E-state index contributed by atoms with van der Waals surface area (Å²) in [5, 5.41) is 17.8. The average Bonchev–Trinajstić information content (AvgIpc) is 2.48. The van der Waals surface area contributed by atoms with E-state index in [1.54, 1.807) is 0 Å². The zero-order chi connectivity index (χ0) is 15.5. The van der Waals surface area contributed by atoms with E-state index in [-0.39, 0.29) is 25.3 Å². The molecule has 2 N–H and O–H groups in total. The van der Waals surface area contributed by atoms with Gasteiger partial charge in [-0.2, -0.15) is 0 Å². The van der Waals surface area contributed by atoms with Crippen LogP contribution >= 0.6 is 0 Å². The number of carbonyl (C=O) groups excluding carboxylic acids is 1. The summed E-state index contributed by atoms with van der Waals surface area (Å²) in [7, 11) is 0. The number of carbonyl (C=O) groups is 1. The van der Waals surface area contributed by atoms with Crippen molar-refractivity contribution in [2.75, 3.05) is 52.5 Å². The molecular formula is C15H30N2O4. The van der Waals surface area contributed by atoms with E-state index in [0.29, 0.717) is 26.1 Å². The molecule has 0 saturated carbocycles. The zero-order valence-corrected chi connectivity index (χ0v) is 13.2. The van der Waals surface area contributed by atoms with Gasteiger partial charge in [-0.05, 0) is 25.8 Å². The van der Waals surface area contributed by atoms with Crippen LogP contribution in [0.1, 0.15) is 32.6 Å². The Balaban J connectivity index is 2.18. The number of aliphatic hydroxyl groups excluding tert-OH is 2. The van der Waals surface area contributed by atoms with Crippen molar-refractivity contribution >= 4 is 5.97 Å². The fourth-order valence-corrected chi connectivity index (χ4v) is 2.68. The molecular weight excluding hydrogens is 272 g/mol. The smallest absolute Gasteiger partial charge is 0.307 e. The molecule has 0 aliphatic carbocycles. The van der Waals surface area contributed by atoms with Crippen LogP contribution in [0.4, 0.5) is 0 Å². The number of rotatable bonds is 10. The highest BCUT2D eigenvalue weighted by Gasteiger charge is 2.21. The molecule has 0 unspecified atom stereocenters. The normalized spacial score (nSPS) is 17.3. The van der Waals surface area contributed by atoms with Crippen molar-refractivity contribution in [1.29, 1.82) is 0 Å². The molecule has 21 heavy (non-hydrogen) atoms. The van der Waals surface area contributed by atoms with Crippen LogP contribution in [0.3, 0.4) is 0 Å². The second-order valence-electron chi connectivity index (χ2n) is 5.57. The van der Waals surface area contributed by atoms with Crippen LogP contribution in [0.5, 0.6) is 0 Å². The lowest BCUT2D eigenvalue weighted by molar-refractivity contribution is -0.151. The number of piperidine rings is 1. The van der Waals surface area contributed by atoms with Gasteiger partial charge in [-0.15, -0.1) is 0 Å². The molecule has 1 fully saturated rings. The topological polar surface area (TPSA) is 73.2 Å². The Morgan fingerprint density at radius 1 is 1.19 bits per heavy atom. The Bertz CT molecular complexity index is 275. The molecule has 1 aliphatic rings. The molecule has 0 spiro atoms. The van der Waals surface area contributed by atoms with Crippen molar-refractivity contribution in [1.82, 2.24) is 9.80 Å². The summed E-state index contributed by atoms with van der Waals surface area (Å²) in [5.41, 5.74) is 0. The molecule has 0 radical (unpaired) electrons. The third-order valence-corrected chi connectivity index (χ3v) is 3.84. The average molecular weight is 302 g/mol. The molecule has 0 aromatic heterocycles. The van der Waals surface area contributed by atoms with Gasteiger partial charge in [0.15, 0.2) is 0 Å². The van der Waals surface area contributed by atoms with E-state index in [2.05, 4.69) is 11.8 Å². The number of ether oxygens (including phenoxy) is 1. The molecule has 0 atom stereocenters. The Labute approximate surface area is 127 Å². The van der Waals surface area contributed by atoms with Crippen LogP contribution < -0.4 is 0 Å². The van der Waals surface area contributed by atoms with Crippen molar-refractivity contribution in [2.24, 2.45) is 0 Å². The van der Waals surface area contributed by atoms with Crippen LogP contribution in [-0.2, 0) is 9.53 Å². The van der Waals surface area contributed by atoms with E-state index in [1.807, 2.05) is 4.90 Å². The summed E-state index contributed by atoms with van der Waals surface area (Å²) >= 11 is 0. The summed E-state index contributed by atoms with van der Waals surface area (Å²) in [4.78, 5) is 16.1. The molecule has 1 aliphatic heterocycles. The number of aliphatic hydroxyl groups is 2. The summed E-state index contributed by atoms with van der Waals surface area (Å²) in [6.07, 6.45) is 3.37. The SMILES string of the molecule is CCCN1CCC(OC(=O)CCN(CCO)CCO)CC1. The van der Waals surface area contributed by atoms with Crippen LogP contribution in [0.25, 0.3) is 0 Å². The lowest BCUT2D eigenvalue weighted by atomic mass is 10.1. The Hall–Kier alpha value is -0.690. The fourth-order valence-electron chi connectivity index (χ4n) is 2.68. The van der Waals surface area contributed by atoms with Gasteiger partial charge >= 0.3 is 5.97 Å². The first-order chi connectivity index (χ1) is 10.2.